The van der Waals surface area contributed by atoms with Crippen molar-refractivity contribution in [1.29, 1.82) is 0 Å². The summed E-state index contributed by atoms with van der Waals surface area (Å²) in [7, 11) is 0. The maximum atomic E-state index is 11.6. The van der Waals surface area contributed by atoms with Crippen molar-refractivity contribution < 1.29 is 19.4 Å². The van der Waals surface area contributed by atoms with E-state index in [1.807, 2.05) is 30.3 Å². The Bertz CT molecular complexity index is 769. The largest absolute Gasteiger partial charge is 0.475 e. The van der Waals surface area contributed by atoms with E-state index in [4.69, 9.17) is 9.47 Å². The first-order valence-electron chi connectivity index (χ1n) is 6.59. The number of ether oxygens (including phenoxy) is 2. The van der Waals surface area contributed by atoms with Crippen LogP contribution in [0, 0.1) is 0 Å². The van der Waals surface area contributed by atoms with Crippen LogP contribution in [-0.2, 0) is 4.79 Å². The highest BCUT2D eigenvalue weighted by Gasteiger charge is 2.39. The zero-order valence-corrected chi connectivity index (χ0v) is 12.5. The molecule has 6 heteroatoms. The van der Waals surface area contributed by atoms with E-state index in [0.29, 0.717) is 5.75 Å². The number of carboxylic acids is 1. The van der Waals surface area contributed by atoms with Gasteiger partial charge in [0.15, 0.2) is 0 Å². The number of hydrogen-bond acceptors (Lipinski definition) is 5. The highest BCUT2D eigenvalue weighted by atomic mass is 32.1. The summed E-state index contributed by atoms with van der Waals surface area (Å²) in [5.74, 6) is -2.67. The summed E-state index contributed by atoms with van der Waals surface area (Å²) in [6, 6.07) is 16.2. The number of para-hydroxylation sites is 2. The average molecular weight is 315 g/mol. The fraction of sp³-hybridized carbons (Fsp3) is 0.125. The van der Waals surface area contributed by atoms with Crippen LogP contribution in [0.2, 0.25) is 0 Å². The molecule has 1 N–H and O–H groups in total. The third kappa shape index (κ3) is 2.87. The number of rotatable bonds is 5. The number of fused-ring (bicyclic) bond motifs is 1. The van der Waals surface area contributed by atoms with Gasteiger partial charge < -0.3 is 14.6 Å². The molecule has 3 aromatic rings. The highest BCUT2D eigenvalue weighted by Crippen LogP contribution is 2.31. The predicted octanol–water partition coefficient (Wildman–Crippen LogP) is 3.55. The summed E-state index contributed by atoms with van der Waals surface area (Å²) in [6.45, 7) is 1.36. The van der Waals surface area contributed by atoms with E-state index < -0.39 is 11.8 Å². The van der Waals surface area contributed by atoms with Crippen LogP contribution >= 0.6 is 11.3 Å². The van der Waals surface area contributed by atoms with Gasteiger partial charge >= 0.3 is 11.8 Å². The van der Waals surface area contributed by atoms with Crippen LogP contribution in [0.15, 0.2) is 54.6 Å². The molecule has 0 aliphatic heterocycles. The number of thiazole rings is 1. The zero-order chi connectivity index (χ0) is 15.6. The molecule has 1 heterocycles. The highest BCUT2D eigenvalue weighted by molar-refractivity contribution is 7.20. The number of aromatic nitrogens is 1. The monoisotopic (exact) mass is 315 g/mol. The Morgan fingerprint density at radius 3 is 2.45 bits per heavy atom. The summed E-state index contributed by atoms with van der Waals surface area (Å²) in [4.78, 5) is 15.8. The van der Waals surface area contributed by atoms with Gasteiger partial charge in [-0.1, -0.05) is 41.7 Å². The second kappa shape index (κ2) is 5.65. The second-order valence-electron chi connectivity index (χ2n) is 4.72. The molecule has 0 fully saturated rings. The lowest BCUT2D eigenvalue weighted by atomic mass is 10.3. The van der Waals surface area contributed by atoms with E-state index in [9.17, 15) is 9.90 Å². The van der Waals surface area contributed by atoms with E-state index in [-0.39, 0.29) is 5.19 Å². The van der Waals surface area contributed by atoms with Crippen molar-refractivity contribution in [2.24, 2.45) is 0 Å². The molecule has 1 aromatic heterocycles. The molecule has 0 saturated heterocycles. The van der Waals surface area contributed by atoms with Gasteiger partial charge in [0.25, 0.3) is 5.19 Å². The fourth-order valence-electron chi connectivity index (χ4n) is 1.88. The first-order valence-corrected chi connectivity index (χ1v) is 7.40. The van der Waals surface area contributed by atoms with Crippen molar-refractivity contribution in [1.82, 2.24) is 4.98 Å². The van der Waals surface area contributed by atoms with Gasteiger partial charge in [-0.2, -0.15) is 0 Å². The molecule has 0 bridgehead atoms. The van der Waals surface area contributed by atoms with Crippen LogP contribution in [0.25, 0.3) is 10.2 Å². The van der Waals surface area contributed by atoms with Crippen molar-refractivity contribution in [2.75, 3.05) is 0 Å². The van der Waals surface area contributed by atoms with Crippen LogP contribution in [0.1, 0.15) is 6.92 Å². The van der Waals surface area contributed by atoms with Crippen molar-refractivity contribution in [3.8, 4) is 10.9 Å². The van der Waals surface area contributed by atoms with Gasteiger partial charge in [-0.15, -0.1) is 0 Å². The van der Waals surface area contributed by atoms with Gasteiger partial charge in [0.05, 0.1) is 10.2 Å². The minimum atomic E-state index is -1.85. The number of carbonyl (C=O) groups is 1. The van der Waals surface area contributed by atoms with Gasteiger partial charge in [0, 0.05) is 6.92 Å². The standard InChI is InChI=1S/C16H13NO4S/c1-16(14(18)19,20-11-7-3-2-4-8-11)21-15-17-12-9-5-6-10-13(12)22-15/h2-10H,1H3,(H,18,19). The molecule has 0 spiro atoms. The van der Waals surface area contributed by atoms with Gasteiger partial charge in [-0.25, -0.2) is 9.78 Å². The zero-order valence-electron chi connectivity index (χ0n) is 11.7. The summed E-state index contributed by atoms with van der Waals surface area (Å²) in [5.41, 5.74) is 0.759. The molecule has 2 aromatic carbocycles. The average Bonchev–Trinajstić information content (AvgIpc) is 2.89. The van der Waals surface area contributed by atoms with Crippen LogP contribution in [0.4, 0.5) is 0 Å². The van der Waals surface area contributed by atoms with E-state index in [1.165, 1.54) is 18.3 Å². The molecule has 0 saturated carbocycles. The summed E-state index contributed by atoms with van der Waals surface area (Å²) >= 11 is 1.28. The molecule has 0 aliphatic rings. The third-order valence-electron chi connectivity index (χ3n) is 3.00. The van der Waals surface area contributed by atoms with Gasteiger partial charge in [-0.3, -0.25) is 0 Å². The minimum absolute atomic E-state index is 0.252. The molecule has 0 radical (unpaired) electrons. The van der Waals surface area contributed by atoms with E-state index in [1.54, 1.807) is 24.3 Å². The molecule has 3 rings (SSSR count). The number of nitrogens with zero attached hydrogens (tertiary/aromatic N) is 1. The fourth-order valence-corrected chi connectivity index (χ4v) is 2.78. The second-order valence-corrected chi connectivity index (χ2v) is 5.71. The Labute approximate surface area is 130 Å². The van der Waals surface area contributed by atoms with Crippen molar-refractivity contribution in [2.45, 2.75) is 12.7 Å². The predicted molar refractivity (Wildman–Crippen MR) is 83.4 cm³/mol. The molecular formula is C16H13NO4S. The molecule has 22 heavy (non-hydrogen) atoms. The molecule has 1 atom stereocenters. The molecule has 5 nitrogen and oxygen atoms in total. The van der Waals surface area contributed by atoms with Crippen molar-refractivity contribution in [3.05, 3.63) is 54.6 Å². The van der Waals surface area contributed by atoms with Crippen LogP contribution in [-0.4, -0.2) is 21.8 Å². The Balaban J connectivity index is 1.89. The van der Waals surface area contributed by atoms with Crippen LogP contribution in [0.3, 0.4) is 0 Å². The number of aliphatic carboxylic acids is 1. The number of hydrogen-bond donors (Lipinski definition) is 1. The SMILES string of the molecule is CC(Oc1ccccc1)(Oc1nc2ccccc2s1)C(=O)O. The lowest BCUT2D eigenvalue weighted by Crippen LogP contribution is -2.47. The van der Waals surface area contributed by atoms with E-state index in [0.717, 1.165) is 10.2 Å². The number of carboxylic acid groups (broad SMARTS) is 1. The molecule has 0 aliphatic carbocycles. The quantitative estimate of drug-likeness (QED) is 0.729. The summed E-state index contributed by atoms with van der Waals surface area (Å²) < 4.78 is 12.0. The van der Waals surface area contributed by atoms with Gasteiger partial charge in [0.1, 0.15) is 5.75 Å². The molecular weight excluding hydrogens is 302 g/mol. The summed E-state index contributed by atoms with van der Waals surface area (Å²) in [5, 5.41) is 9.71. The molecule has 0 amide bonds. The van der Waals surface area contributed by atoms with Gasteiger partial charge in [0.2, 0.25) is 0 Å². The van der Waals surface area contributed by atoms with Gasteiger partial charge in [-0.05, 0) is 24.3 Å². The maximum Gasteiger partial charge on any atom is 0.390 e. The van der Waals surface area contributed by atoms with Crippen LogP contribution in [0.5, 0.6) is 10.9 Å². The topological polar surface area (TPSA) is 68.7 Å². The molecule has 112 valence electrons. The third-order valence-corrected chi connectivity index (χ3v) is 3.92. The Hall–Kier alpha value is -2.60. The van der Waals surface area contributed by atoms with E-state index in [2.05, 4.69) is 4.98 Å². The van der Waals surface area contributed by atoms with E-state index >= 15 is 0 Å². The Morgan fingerprint density at radius 2 is 1.77 bits per heavy atom. The van der Waals surface area contributed by atoms with Crippen molar-refractivity contribution >= 4 is 27.5 Å². The smallest absolute Gasteiger partial charge is 0.390 e. The minimum Gasteiger partial charge on any atom is -0.475 e. The maximum absolute atomic E-state index is 11.6. The first-order chi connectivity index (χ1) is 10.6. The Kier molecular flexibility index (Phi) is 3.68. The Morgan fingerprint density at radius 1 is 1.09 bits per heavy atom. The lowest BCUT2D eigenvalue weighted by Gasteiger charge is -2.25. The molecule has 1 unspecified atom stereocenters. The number of benzene rings is 2. The van der Waals surface area contributed by atoms with Crippen molar-refractivity contribution in [3.63, 3.8) is 0 Å². The summed E-state index contributed by atoms with van der Waals surface area (Å²) in [6.07, 6.45) is 0. The first kappa shape index (κ1) is 14.3. The normalized spacial score (nSPS) is 13.5. The van der Waals surface area contributed by atoms with Crippen LogP contribution < -0.4 is 9.47 Å². The lowest BCUT2D eigenvalue weighted by molar-refractivity contribution is -0.181.